The average Bonchev–Trinajstić information content (AvgIpc) is 3.17. The predicted octanol–water partition coefficient (Wildman–Crippen LogP) is 2.87. The smallest absolute Gasteiger partial charge is 0.235 e. The summed E-state index contributed by atoms with van der Waals surface area (Å²) in [6, 6.07) is 15.3. The topological polar surface area (TPSA) is 92.8 Å². The maximum absolute atomic E-state index is 13.0. The van der Waals surface area contributed by atoms with Gasteiger partial charge in [0, 0.05) is 0 Å². The van der Waals surface area contributed by atoms with E-state index >= 15 is 0 Å². The summed E-state index contributed by atoms with van der Waals surface area (Å²) in [6.07, 6.45) is 0.481. The van der Waals surface area contributed by atoms with Crippen LogP contribution in [0.4, 0.5) is 5.69 Å². The van der Waals surface area contributed by atoms with Crippen molar-refractivity contribution in [1.29, 1.82) is 0 Å². The molecular weight excluding hydrogens is 330 g/mol. The van der Waals surface area contributed by atoms with Gasteiger partial charge in [0.25, 0.3) is 0 Å². The fourth-order valence-corrected chi connectivity index (χ4v) is 2.75. The molecule has 0 saturated carbocycles. The zero-order valence-electron chi connectivity index (χ0n) is 14.8. The fraction of sp³-hybridized carbons (Fsp3) is 0.263. The molecule has 0 saturated heterocycles. The molecule has 0 aliphatic carbocycles. The predicted molar refractivity (Wildman–Crippen MR) is 98.0 cm³/mol. The first-order valence-corrected chi connectivity index (χ1v) is 8.49. The van der Waals surface area contributed by atoms with E-state index in [2.05, 4.69) is 25.9 Å². The standard InChI is InChI=1S/C19H21N5O2/c1-3-26-17-11-7-6-10-16(17)20-19(25)15(18-21-23-24-22-18)12-14-9-5-4-8-13(14)2/h4-11,15H,3,12H2,1-2H3,(H,20,25)(H,21,22,23,24). The summed E-state index contributed by atoms with van der Waals surface area (Å²) in [5, 5.41) is 17.0. The van der Waals surface area contributed by atoms with Crippen molar-refractivity contribution in [3.8, 4) is 5.75 Å². The first-order chi connectivity index (χ1) is 12.7. The Balaban J connectivity index is 1.86. The molecular formula is C19H21N5O2. The third-order valence-corrected chi connectivity index (χ3v) is 4.12. The number of carbonyl (C=O) groups excluding carboxylic acids is 1. The molecule has 0 bridgehead atoms. The van der Waals surface area contributed by atoms with Crippen molar-refractivity contribution < 1.29 is 9.53 Å². The summed E-state index contributed by atoms with van der Waals surface area (Å²) < 4.78 is 5.58. The second-order valence-corrected chi connectivity index (χ2v) is 5.87. The van der Waals surface area contributed by atoms with E-state index in [1.165, 1.54) is 0 Å². The van der Waals surface area contributed by atoms with Gasteiger partial charge in [-0.1, -0.05) is 41.6 Å². The quantitative estimate of drug-likeness (QED) is 0.683. The largest absolute Gasteiger partial charge is 0.492 e. The Kier molecular flexibility index (Phi) is 5.58. The molecule has 1 heterocycles. The molecule has 1 amide bonds. The van der Waals surface area contributed by atoms with Crippen molar-refractivity contribution in [2.24, 2.45) is 0 Å². The Labute approximate surface area is 151 Å². The van der Waals surface area contributed by atoms with Crippen LogP contribution in [0.25, 0.3) is 0 Å². The summed E-state index contributed by atoms with van der Waals surface area (Å²) in [4.78, 5) is 13.0. The molecule has 3 aromatic rings. The molecule has 134 valence electrons. The molecule has 0 aliphatic rings. The molecule has 0 spiro atoms. The van der Waals surface area contributed by atoms with Gasteiger partial charge in [-0.15, -0.1) is 10.2 Å². The van der Waals surface area contributed by atoms with Crippen LogP contribution in [-0.2, 0) is 11.2 Å². The third-order valence-electron chi connectivity index (χ3n) is 4.12. The molecule has 1 aromatic heterocycles. The van der Waals surface area contributed by atoms with Crippen LogP contribution < -0.4 is 10.1 Å². The number of nitrogens with one attached hydrogen (secondary N) is 2. The van der Waals surface area contributed by atoms with Crippen LogP contribution in [0.5, 0.6) is 5.75 Å². The van der Waals surface area contributed by atoms with Gasteiger partial charge in [-0.3, -0.25) is 4.79 Å². The highest BCUT2D eigenvalue weighted by Gasteiger charge is 2.26. The highest BCUT2D eigenvalue weighted by atomic mass is 16.5. The van der Waals surface area contributed by atoms with Gasteiger partial charge < -0.3 is 10.1 Å². The van der Waals surface area contributed by atoms with Gasteiger partial charge >= 0.3 is 0 Å². The highest BCUT2D eigenvalue weighted by Crippen LogP contribution is 2.27. The third kappa shape index (κ3) is 4.05. The second-order valence-electron chi connectivity index (χ2n) is 5.87. The highest BCUT2D eigenvalue weighted by molar-refractivity contribution is 5.96. The minimum absolute atomic E-state index is 0.207. The lowest BCUT2D eigenvalue weighted by Gasteiger charge is -2.17. The number of anilines is 1. The summed E-state index contributed by atoms with van der Waals surface area (Å²) in [5.74, 6) is 0.220. The molecule has 0 fully saturated rings. The Morgan fingerprint density at radius 2 is 1.96 bits per heavy atom. The van der Waals surface area contributed by atoms with E-state index in [1.807, 2.05) is 62.4 Å². The van der Waals surface area contributed by atoms with Crippen LogP contribution in [-0.4, -0.2) is 33.1 Å². The van der Waals surface area contributed by atoms with Crippen LogP contribution in [0.15, 0.2) is 48.5 Å². The zero-order valence-corrected chi connectivity index (χ0v) is 14.8. The van der Waals surface area contributed by atoms with Gasteiger partial charge in [0.1, 0.15) is 11.7 Å². The Morgan fingerprint density at radius 1 is 1.19 bits per heavy atom. The molecule has 7 nitrogen and oxygen atoms in total. The number of para-hydroxylation sites is 2. The summed E-state index contributed by atoms with van der Waals surface area (Å²) in [6.45, 7) is 4.44. The van der Waals surface area contributed by atoms with Crippen LogP contribution in [0.2, 0.25) is 0 Å². The number of aromatic amines is 1. The van der Waals surface area contributed by atoms with Gasteiger partial charge in [-0.25, -0.2) is 0 Å². The first kappa shape index (κ1) is 17.6. The lowest BCUT2D eigenvalue weighted by Crippen LogP contribution is -2.24. The van der Waals surface area contributed by atoms with Crippen molar-refractivity contribution in [3.05, 3.63) is 65.5 Å². The minimum Gasteiger partial charge on any atom is -0.492 e. The molecule has 0 aliphatic heterocycles. The zero-order chi connectivity index (χ0) is 18.4. The number of rotatable bonds is 7. The average molecular weight is 351 g/mol. The summed E-state index contributed by atoms with van der Waals surface area (Å²) >= 11 is 0. The Morgan fingerprint density at radius 3 is 2.69 bits per heavy atom. The van der Waals surface area contributed by atoms with Crippen LogP contribution in [0.1, 0.15) is 29.8 Å². The van der Waals surface area contributed by atoms with Crippen molar-refractivity contribution in [2.45, 2.75) is 26.2 Å². The molecule has 1 unspecified atom stereocenters. The number of tetrazole rings is 1. The molecule has 1 atom stereocenters. The number of H-pyrrole nitrogens is 1. The number of nitrogens with zero attached hydrogens (tertiary/aromatic N) is 3. The van der Waals surface area contributed by atoms with Gasteiger partial charge in [-0.05, 0) is 43.5 Å². The van der Waals surface area contributed by atoms with E-state index in [-0.39, 0.29) is 5.91 Å². The minimum atomic E-state index is -0.565. The van der Waals surface area contributed by atoms with Gasteiger partial charge in [-0.2, -0.15) is 5.21 Å². The second kappa shape index (κ2) is 8.24. The number of hydrogen-bond acceptors (Lipinski definition) is 5. The molecule has 3 rings (SSSR count). The van der Waals surface area contributed by atoms with E-state index in [0.29, 0.717) is 30.3 Å². The summed E-state index contributed by atoms with van der Waals surface area (Å²) in [5.41, 5.74) is 2.80. The van der Waals surface area contributed by atoms with Crippen molar-refractivity contribution in [1.82, 2.24) is 20.6 Å². The molecule has 0 radical (unpaired) electrons. The number of hydrogen-bond donors (Lipinski definition) is 2. The van der Waals surface area contributed by atoms with E-state index in [0.717, 1.165) is 11.1 Å². The normalized spacial score (nSPS) is 11.8. The van der Waals surface area contributed by atoms with Gasteiger partial charge in [0.2, 0.25) is 5.91 Å². The Hall–Kier alpha value is -3.22. The number of amides is 1. The number of ether oxygens (including phenoxy) is 1. The molecule has 7 heteroatoms. The number of benzene rings is 2. The maximum Gasteiger partial charge on any atom is 0.235 e. The first-order valence-electron chi connectivity index (χ1n) is 8.49. The van der Waals surface area contributed by atoms with Gasteiger partial charge in [0.05, 0.1) is 12.3 Å². The Bertz CT molecular complexity index is 864. The fourth-order valence-electron chi connectivity index (χ4n) is 2.75. The molecule has 2 aromatic carbocycles. The van der Waals surface area contributed by atoms with E-state index in [9.17, 15) is 4.79 Å². The van der Waals surface area contributed by atoms with Crippen LogP contribution >= 0.6 is 0 Å². The molecule has 2 N–H and O–H groups in total. The van der Waals surface area contributed by atoms with Crippen molar-refractivity contribution >= 4 is 11.6 Å². The van der Waals surface area contributed by atoms with Gasteiger partial charge in [0.15, 0.2) is 5.82 Å². The van der Waals surface area contributed by atoms with E-state index in [4.69, 9.17) is 4.74 Å². The maximum atomic E-state index is 13.0. The SMILES string of the molecule is CCOc1ccccc1NC(=O)C(Cc1ccccc1C)c1nn[nH]n1. The van der Waals surface area contributed by atoms with E-state index < -0.39 is 5.92 Å². The van der Waals surface area contributed by atoms with Crippen molar-refractivity contribution in [2.75, 3.05) is 11.9 Å². The monoisotopic (exact) mass is 351 g/mol. The number of carbonyl (C=O) groups is 1. The number of aryl methyl sites for hydroxylation is 1. The lowest BCUT2D eigenvalue weighted by atomic mass is 9.94. The van der Waals surface area contributed by atoms with Crippen molar-refractivity contribution in [3.63, 3.8) is 0 Å². The van der Waals surface area contributed by atoms with E-state index in [1.54, 1.807) is 0 Å². The summed E-state index contributed by atoms with van der Waals surface area (Å²) in [7, 11) is 0. The number of aromatic nitrogens is 4. The molecule has 26 heavy (non-hydrogen) atoms. The van der Waals surface area contributed by atoms with Crippen LogP contribution in [0, 0.1) is 6.92 Å². The van der Waals surface area contributed by atoms with Crippen LogP contribution in [0.3, 0.4) is 0 Å². The lowest BCUT2D eigenvalue weighted by molar-refractivity contribution is -0.117.